The van der Waals surface area contributed by atoms with Crippen LogP contribution in [-0.2, 0) is 21.6 Å². The van der Waals surface area contributed by atoms with Crippen LogP contribution in [0.15, 0.2) is 40.2 Å². The van der Waals surface area contributed by atoms with Crippen LogP contribution >= 0.6 is 11.3 Å². The lowest BCUT2D eigenvalue weighted by molar-refractivity contribution is -0.127. The molecule has 0 unspecified atom stereocenters. The summed E-state index contributed by atoms with van der Waals surface area (Å²) in [5, 5.41) is 9.30. The average Bonchev–Trinajstić information content (AvgIpc) is 3.56. The Morgan fingerprint density at radius 3 is 2.36 bits per heavy atom. The molecule has 0 spiro atoms. The maximum absolute atomic E-state index is 14.5. The van der Waals surface area contributed by atoms with Gasteiger partial charge in [-0.3, -0.25) is 14.2 Å². The van der Waals surface area contributed by atoms with Gasteiger partial charge in [0.05, 0.1) is 31.4 Å². The van der Waals surface area contributed by atoms with Crippen LogP contribution in [0.2, 0.25) is 0 Å². The maximum atomic E-state index is 14.5. The molecule has 226 valence electrons. The van der Waals surface area contributed by atoms with Gasteiger partial charge in [0, 0.05) is 24.2 Å². The minimum atomic E-state index is -1.43. The number of hydrogen-bond acceptors (Lipinski definition) is 8. The summed E-state index contributed by atoms with van der Waals surface area (Å²) in [6, 6.07) is 4.14. The molecule has 0 bridgehead atoms. The number of halogens is 1. The summed E-state index contributed by atoms with van der Waals surface area (Å²) in [7, 11) is 1.48. The molecule has 0 saturated heterocycles. The number of ketones is 1. The SMILES string of the molecule is COc1ccc(F)cc1[C@H](Cn1c(=O)n(C(C)(C)C(=O)CC(C)C)c(=O)c2c(C)c(-n3nccn3)sc21)OCC(C)C. The van der Waals surface area contributed by atoms with Crippen LogP contribution in [0.5, 0.6) is 5.75 Å². The highest BCUT2D eigenvalue weighted by Gasteiger charge is 2.36. The summed E-state index contributed by atoms with van der Waals surface area (Å²) >= 11 is 1.19. The topological polar surface area (TPSA) is 110 Å². The van der Waals surface area contributed by atoms with Crippen LogP contribution < -0.4 is 16.0 Å². The first kappa shape index (κ1) is 31.3. The minimum absolute atomic E-state index is 0.0352. The molecule has 0 aliphatic heterocycles. The van der Waals surface area contributed by atoms with E-state index in [1.807, 2.05) is 27.7 Å². The Bertz CT molecular complexity index is 1700. The molecule has 0 aliphatic carbocycles. The normalized spacial score (nSPS) is 12.9. The van der Waals surface area contributed by atoms with Gasteiger partial charge in [0.1, 0.15) is 33.0 Å². The number of methoxy groups -OCH3 is 1. The Labute approximate surface area is 247 Å². The average molecular weight is 600 g/mol. The van der Waals surface area contributed by atoms with E-state index in [0.717, 1.165) is 4.57 Å². The van der Waals surface area contributed by atoms with Gasteiger partial charge >= 0.3 is 5.69 Å². The van der Waals surface area contributed by atoms with Crippen molar-refractivity contribution in [2.45, 2.75) is 73.1 Å². The molecule has 4 aromatic rings. The molecule has 0 saturated carbocycles. The largest absolute Gasteiger partial charge is 0.496 e. The molecule has 1 aromatic carbocycles. The van der Waals surface area contributed by atoms with Crippen LogP contribution in [0.25, 0.3) is 15.2 Å². The van der Waals surface area contributed by atoms with Gasteiger partial charge in [-0.1, -0.05) is 39.0 Å². The molecular weight excluding hydrogens is 561 g/mol. The maximum Gasteiger partial charge on any atom is 0.333 e. The molecule has 0 aliphatic rings. The number of ether oxygens (including phenoxy) is 2. The summed E-state index contributed by atoms with van der Waals surface area (Å²) in [5.74, 6) is -0.131. The molecule has 0 amide bonds. The number of rotatable bonds is 12. The van der Waals surface area contributed by atoms with E-state index in [-0.39, 0.29) is 36.0 Å². The van der Waals surface area contributed by atoms with Crippen LogP contribution in [0.3, 0.4) is 0 Å². The smallest absolute Gasteiger partial charge is 0.333 e. The first-order chi connectivity index (χ1) is 19.8. The Morgan fingerprint density at radius 1 is 1.10 bits per heavy atom. The monoisotopic (exact) mass is 599 g/mol. The number of carbonyl (C=O) groups is 1. The van der Waals surface area contributed by atoms with Crippen LogP contribution in [0.1, 0.15) is 65.2 Å². The van der Waals surface area contributed by atoms with E-state index < -0.39 is 28.7 Å². The quantitative estimate of drug-likeness (QED) is 0.225. The summed E-state index contributed by atoms with van der Waals surface area (Å²) < 4.78 is 28.8. The molecule has 3 aromatic heterocycles. The van der Waals surface area contributed by atoms with Crippen LogP contribution in [0.4, 0.5) is 4.39 Å². The van der Waals surface area contributed by atoms with Crippen molar-refractivity contribution in [3.05, 3.63) is 68.4 Å². The number of Topliss-reactive ketones (excluding diaryl/α,β-unsaturated/α-hetero) is 1. The van der Waals surface area contributed by atoms with Gasteiger partial charge in [-0.25, -0.2) is 13.8 Å². The fourth-order valence-corrected chi connectivity index (χ4v) is 6.14. The van der Waals surface area contributed by atoms with E-state index in [0.29, 0.717) is 33.3 Å². The highest BCUT2D eigenvalue weighted by Crippen LogP contribution is 2.34. The third-order valence-corrected chi connectivity index (χ3v) is 8.42. The van der Waals surface area contributed by atoms with Crippen molar-refractivity contribution in [2.24, 2.45) is 11.8 Å². The summed E-state index contributed by atoms with van der Waals surface area (Å²) in [6.45, 7) is 13.0. The predicted octanol–water partition coefficient (Wildman–Crippen LogP) is 5.03. The number of hydrogen-bond donors (Lipinski definition) is 0. The second-order valence-corrected chi connectivity index (χ2v) is 12.7. The van der Waals surface area contributed by atoms with Gasteiger partial charge in [-0.15, -0.1) is 4.80 Å². The van der Waals surface area contributed by atoms with Gasteiger partial charge < -0.3 is 9.47 Å². The second-order valence-electron chi connectivity index (χ2n) is 11.7. The van der Waals surface area contributed by atoms with Crippen LogP contribution in [-0.4, -0.2) is 43.6 Å². The van der Waals surface area contributed by atoms with Gasteiger partial charge in [0.2, 0.25) is 0 Å². The highest BCUT2D eigenvalue weighted by atomic mass is 32.1. The van der Waals surface area contributed by atoms with Crippen molar-refractivity contribution in [3.8, 4) is 10.8 Å². The van der Waals surface area contributed by atoms with Crippen molar-refractivity contribution in [2.75, 3.05) is 13.7 Å². The first-order valence-electron chi connectivity index (χ1n) is 13.9. The molecule has 4 rings (SSSR count). The predicted molar refractivity (Wildman–Crippen MR) is 160 cm³/mol. The summed E-state index contributed by atoms with van der Waals surface area (Å²) in [4.78, 5) is 43.7. The lowest BCUT2D eigenvalue weighted by Gasteiger charge is -2.28. The molecule has 10 nitrogen and oxygen atoms in total. The Balaban J connectivity index is 2.03. The van der Waals surface area contributed by atoms with Crippen molar-refractivity contribution < 1.29 is 18.7 Å². The zero-order chi connectivity index (χ0) is 30.9. The summed E-state index contributed by atoms with van der Waals surface area (Å²) in [5.41, 5.74) is -1.66. The molecule has 0 N–H and O–H groups in total. The van der Waals surface area contributed by atoms with Gasteiger partial charge in [0.25, 0.3) is 5.56 Å². The van der Waals surface area contributed by atoms with Crippen molar-refractivity contribution in [3.63, 3.8) is 0 Å². The van der Waals surface area contributed by atoms with E-state index >= 15 is 0 Å². The molecule has 42 heavy (non-hydrogen) atoms. The van der Waals surface area contributed by atoms with Gasteiger partial charge in [-0.05, 0) is 50.8 Å². The van der Waals surface area contributed by atoms with E-state index in [2.05, 4.69) is 10.2 Å². The van der Waals surface area contributed by atoms with E-state index in [9.17, 15) is 18.8 Å². The van der Waals surface area contributed by atoms with Crippen molar-refractivity contribution >= 4 is 27.3 Å². The molecule has 0 radical (unpaired) electrons. The number of aromatic nitrogens is 5. The zero-order valence-electron chi connectivity index (χ0n) is 25.3. The highest BCUT2D eigenvalue weighted by molar-refractivity contribution is 7.21. The van der Waals surface area contributed by atoms with E-state index in [1.54, 1.807) is 20.8 Å². The number of nitrogens with zero attached hydrogens (tertiary/aromatic N) is 5. The Kier molecular flexibility index (Phi) is 9.17. The lowest BCUT2D eigenvalue weighted by Crippen LogP contribution is -2.53. The molecule has 0 fully saturated rings. The molecule has 3 heterocycles. The fraction of sp³-hybridized carbons (Fsp3) is 0.500. The standard InChI is InChI=1S/C30H38FN5O5S/c1-17(2)13-24(37)30(6,7)35-26(38)25-19(5)27(36-32-11-12-33-36)42-28(25)34(29(35)39)15-23(41-16-18(3)4)21-14-20(31)9-10-22(21)40-8/h9-12,14,17-18,23H,13,15-16H2,1-8H3/t23-/m0/s1. The third kappa shape index (κ3) is 5.96. The van der Waals surface area contributed by atoms with Gasteiger partial charge in [-0.2, -0.15) is 10.2 Å². The number of fused-ring (bicyclic) bond motifs is 1. The fourth-order valence-electron chi connectivity index (χ4n) is 4.92. The summed E-state index contributed by atoms with van der Waals surface area (Å²) in [6.07, 6.45) is 2.43. The first-order valence-corrected chi connectivity index (χ1v) is 14.7. The number of aryl methyl sites for hydroxylation is 1. The third-order valence-electron chi connectivity index (χ3n) is 7.14. The van der Waals surface area contributed by atoms with Crippen LogP contribution in [0, 0.1) is 24.6 Å². The van der Waals surface area contributed by atoms with Gasteiger partial charge in [0.15, 0.2) is 5.78 Å². The Hall–Kier alpha value is -3.64. The zero-order valence-corrected chi connectivity index (χ0v) is 26.1. The van der Waals surface area contributed by atoms with Crippen molar-refractivity contribution in [1.82, 2.24) is 24.1 Å². The Morgan fingerprint density at radius 2 is 1.76 bits per heavy atom. The van der Waals surface area contributed by atoms with E-state index in [1.165, 1.54) is 58.4 Å². The number of carbonyl (C=O) groups excluding carboxylic acids is 1. The number of thiophene rings is 1. The molecule has 1 atom stereocenters. The molecular formula is C30H38FN5O5S. The molecule has 12 heteroatoms. The van der Waals surface area contributed by atoms with Crippen molar-refractivity contribution in [1.29, 1.82) is 0 Å². The van der Waals surface area contributed by atoms with E-state index in [4.69, 9.17) is 9.47 Å². The number of benzene rings is 1. The lowest BCUT2D eigenvalue weighted by atomic mass is 9.91. The second kappa shape index (κ2) is 12.3. The minimum Gasteiger partial charge on any atom is -0.496 e.